The molecule has 5 nitrogen and oxygen atoms in total. The van der Waals surface area contributed by atoms with E-state index in [1.807, 2.05) is 28.3 Å². The number of hydrogen-bond acceptors (Lipinski definition) is 8. The predicted octanol–water partition coefficient (Wildman–Crippen LogP) is 4.10. The standard InChI is InChI=1S/C13H8N4OS3/c1-3-19-5-8(1)12-16-10(18-17-12)6-21-13-11-9(2-4-20-11)14-7-15-13/h1-5,7H,6H2. The second-order valence-corrected chi connectivity index (χ2v) is 6.79. The first-order valence-electron chi connectivity index (χ1n) is 6.06. The molecule has 0 unspecified atom stereocenters. The van der Waals surface area contributed by atoms with Crippen LogP contribution >= 0.6 is 34.4 Å². The van der Waals surface area contributed by atoms with Crippen molar-refractivity contribution in [3.63, 3.8) is 0 Å². The molecule has 0 aliphatic heterocycles. The van der Waals surface area contributed by atoms with Gasteiger partial charge in [-0.15, -0.1) is 11.3 Å². The molecule has 0 saturated heterocycles. The van der Waals surface area contributed by atoms with E-state index in [9.17, 15) is 0 Å². The number of hydrogen-bond donors (Lipinski definition) is 0. The van der Waals surface area contributed by atoms with E-state index in [-0.39, 0.29) is 0 Å². The summed E-state index contributed by atoms with van der Waals surface area (Å²) in [6, 6.07) is 3.97. The number of thiophene rings is 2. The maximum absolute atomic E-state index is 5.29. The second-order valence-electron chi connectivity index (χ2n) is 4.13. The van der Waals surface area contributed by atoms with Gasteiger partial charge in [0.15, 0.2) is 0 Å². The molecule has 0 fully saturated rings. The summed E-state index contributed by atoms with van der Waals surface area (Å²) >= 11 is 4.84. The van der Waals surface area contributed by atoms with Crippen molar-refractivity contribution >= 4 is 44.7 Å². The van der Waals surface area contributed by atoms with Gasteiger partial charge in [-0.3, -0.25) is 0 Å². The molecule has 0 aliphatic carbocycles. The highest BCUT2D eigenvalue weighted by Crippen LogP contribution is 2.30. The zero-order chi connectivity index (χ0) is 14.1. The van der Waals surface area contributed by atoms with Gasteiger partial charge in [-0.2, -0.15) is 16.3 Å². The number of rotatable bonds is 4. The van der Waals surface area contributed by atoms with Gasteiger partial charge in [-0.25, -0.2) is 9.97 Å². The monoisotopic (exact) mass is 332 g/mol. The maximum atomic E-state index is 5.29. The fraction of sp³-hybridized carbons (Fsp3) is 0.0769. The Morgan fingerprint density at radius 2 is 2.19 bits per heavy atom. The van der Waals surface area contributed by atoms with Gasteiger partial charge in [0, 0.05) is 10.9 Å². The Morgan fingerprint density at radius 3 is 3.10 bits per heavy atom. The number of thioether (sulfide) groups is 1. The first kappa shape index (κ1) is 12.9. The number of nitrogens with zero attached hydrogens (tertiary/aromatic N) is 4. The van der Waals surface area contributed by atoms with Gasteiger partial charge in [0.1, 0.15) is 11.4 Å². The Labute approximate surface area is 132 Å². The van der Waals surface area contributed by atoms with Crippen molar-refractivity contribution in [2.24, 2.45) is 0 Å². The van der Waals surface area contributed by atoms with Crippen molar-refractivity contribution in [2.45, 2.75) is 10.8 Å². The lowest BCUT2D eigenvalue weighted by Gasteiger charge is -1.98. The molecule has 0 aromatic carbocycles. The van der Waals surface area contributed by atoms with E-state index in [4.69, 9.17) is 4.52 Å². The smallest absolute Gasteiger partial charge is 0.237 e. The summed E-state index contributed by atoms with van der Waals surface area (Å²) in [6.07, 6.45) is 1.59. The molecule has 0 radical (unpaired) electrons. The first-order chi connectivity index (χ1) is 10.4. The molecule has 0 atom stereocenters. The van der Waals surface area contributed by atoms with Gasteiger partial charge in [0.2, 0.25) is 11.7 Å². The highest BCUT2D eigenvalue weighted by atomic mass is 32.2. The van der Waals surface area contributed by atoms with Gasteiger partial charge in [0.05, 0.1) is 16.0 Å². The van der Waals surface area contributed by atoms with Gasteiger partial charge >= 0.3 is 0 Å². The van der Waals surface area contributed by atoms with Crippen molar-refractivity contribution < 1.29 is 4.52 Å². The molecule has 21 heavy (non-hydrogen) atoms. The average molecular weight is 332 g/mol. The van der Waals surface area contributed by atoms with Gasteiger partial charge in [0.25, 0.3) is 0 Å². The zero-order valence-electron chi connectivity index (χ0n) is 10.6. The van der Waals surface area contributed by atoms with E-state index < -0.39 is 0 Å². The topological polar surface area (TPSA) is 64.7 Å². The highest BCUT2D eigenvalue weighted by Gasteiger charge is 2.11. The predicted molar refractivity (Wildman–Crippen MR) is 84.6 cm³/mol. The van der Waals surface area contributed by atoms with E-state index in [0.717, 1.165) is 20.8 Å². The molecule has 0 N–H and O–H groups in total. The minimum absolute atomic E-state index is 0.598. The molecule has 0 aliphatic rings. The largest absolute Gasteiger partial charge is 0.338 e. The van der Waals surface area contributed by atoms with Crippen LogP contribution in [0.25, 0.3) is 21.6 Å². The van der Waals surface area contributed by atoms with Crippen molar-refractivity contribution in [1.29, 1.82) is 0 Å². The lowest BCUT2D eigenvalue weighted by atomic mass is 10.3. The van der Waals surface area contributed by atoms with Crippen molar-refractivity contribution in [3.8, 4) is 11.4 Å². The quantitative estimate of drug-likeness (QED) is 0.414. The van der Waals surface area contributed by atoms with Gasteiger partial charge < -0.3 is 4.52 Å². The molecule has 0 amide bonds. The zero-order valence-corrected chi connectivity index (χ0v) is 13.0. The Hall–Kier alpha value is -1.77. The van der Waals surface area contributed by atoms with Crippen LogP contribution in [-0.2, 0) is 5.75 Å². The molecule has 0 spiro atoms. The van der Waals surface area contributed by atoms with E-state index in [1.54, 1.807) is 40.8 Å². The molecular weight excluding hydrogens is 324 g/mol. The van der Waals surface area contributed by atoms with Crippen LogP contribution in [0.15, 0.2) is 44.1 Å². The van der Waals surface area contributed by atoms with Crippen LogP contribution in [0.3, 0.4) is 0 Å². The average Bonchev–Trinajstić information content (AvgIpc) is 3.23. The van der Waals surface area contributed by atoms with Crippen LogP contribution in [0.2, 0.25) is 0 Å². The summed E-state index contributed by atoms with van der Waals surface area (Å²) in [4.78, 5) is 13.0. The van der Waals surface area contributed by atoms with E-state index in [1.165, 1.54) is 0 Å². The van der Waals surface area contributed by atoms with Crippen molar-refractivity contribution in [2.75, 3.05) is 0 Å². The fourth-order valence-electron chi connectivity index (χ4n) is 1.82. The van der Waals surface area contributed by atoms with Crippen LogP contribution in [0, 0.1) is 0 Å². The molecule has 0 bridgehead atoms. The maximum Gasteiger partial charge on any atom is 0.237 e. The summed E-state index contributed by atoms with van der Waals surface area (Å²) in [5.74, 6) is 1.83. The third-order valence-electron chi connectivity index (χ3n) is 2.79. The van der Waals surface area contributed by atoms with E-state index in [2.05, 4.69) is 20.1 Å². The minimum Gasteiger partial charge on any atom is -0.338 e. The third kappa shape index (κ3) is 2.57. The lowest BCUT2D eigenvalue weighted by molar-refractivity contribution is 0.391. The Balaban J connectivity index is 1.53. The van der Waals surface area contributed by atoms with Gasteiger partial charge in [-0.05, 0) is 22.9 Å². The third-order valence-corrected chi connectivity index (χ3v) is 5.49. The number of aromatic nitrogens is 4. The highest BCUT2D eigenvalue weighted by molar-refractivity contribution is 7.98. The SMILES string of the molecule is c1nc(SCc2nc(-c3ccsc3)no2)c2sccc2n1. The van der Waals surface area contributed by atoms with Gasteiger partial charge in [-0.1, -0.05) is 16.9 Å². The van der Waals surface area contributed by atoms with Crippen LogP contribution < -0.4 is 0 Å². The normalized spacial score (nSPS) is 11.2. The molecule has 104 valence electrons. The van der Waals surface area contributed by atoms with Crippen LogP contribution in [0.5, 0.6) is 0 Å². The molecule has 4 aromatic heterocycles. The summed E-state index contributed by atoms with van der Waals surface area (Å²) in [6.45, 7) is 0. The van der Waals surface area contributed by atoms with Crippen LogP contribution in [-0.4, -0.2) is 20.1 Å². The summed E-state index contributed by atoms with van der Waals surface area (Å²) in [5, 5.41) is 11.0. The van der Waals surface area contributed by atoms with Crippen molar-refractivity contribution in [3.05, 3.63) is 40.5 Å². The molecule has 0 saturated carbocycles. The molecule has 4 aromatic rings. The van der Waals surface area contributed by atoms with E-state index in [0.29, 0.717) is 17.5 Å². The summed E-state index contributed by atoms with van der Waals surface area (Å²) < 4.78 is 6.38. The number of fused-ring (bicyclic) bond motifs is 1. The second kappa shape index (κ2) is 5.55. The summed E-state index contributed by atoms with van der Waals surface area (Å²) in [7, 11) is 0. The lowest BCUT2D eigenvalue weighted by Crippen LogP contribution is -1.85. The first-order valence-corrected chi connectivity index (χ1v) is 8.87. The summed E-state index contributed by atoms with van der Waals surface area (Å²) in [5.41, 5.74) is 1.96. The van der Waals surface area contributed by atoms with Crippen molar-refractivity contribution in [1.82, 2.24) is 20.1 Å². The molecule has 8 heteroatoms. The Morgan fingerprint density at radius 1 is 1.19 bits per heavy atom. The Bertz CT molecular complexity index is 868. The van der Waals surface area contributed by atoms with Crippen LogP contribution in [0.4, 0.5) is 0 Å². The van der Waals surface area contributed by atoms with E-state index >= 15 is 0 Å². The Kier molecular flexibility index (Phi) is 3.42. The molecule has 4 heterocycles. The molecular formula is C13H8N4OS3. The minimum atomic E-state index is 0.598. The van der Waals surface area contributed by atoms with Crippen LogP contribution in [0.1, 0.15) is 5.89 Å². The fourth-order valence-corrected chi connectivity index (χ4v) is 4.24. The molecule has 4 rings (SSSR count).